The van der Waals surface area contributed by atoms with Gasteiger partial charge in [-0.3, -0.25) is 4.79 Å². The highest BCUT2D eigenvalue weighted by Crippen LogP contribution is 2.07. The molecule has 110 valence electrons. The average molecular weight is 304 g/mol. The van der Waals surface area contributed by atoms with E-state index in [-0.39, 0.29) is 11.5 Å². The summed E-state index contributed by atoms with van der Waals surface area (Å²) in [7, 11) is 0. The van der Waals surface area contributed by atoms with Crippen LogP contribution in [0.4, 0.5) is 0 Å². The molecule has 2 N–H and O–H groups in total. The van der Waals surface area contributed by atoms with Crippen LogP contribution in [0, 0.1) is 0 Å². The number of benzene rings is 1. The molecule has 5 nitrogen and oxygen atoms in total. The molecule has 0 saturated heterocycles. The molecule has 0 saturated carbocycles. The maximum atomic E-state index is 11.7. The first-order valence-corrected chi connectivity index (χ1v) is 7.50. The Morgan fingerprint density at radius 3 is 2.57 bits per heavy atom. The molecule has 0 aliphatic carbocycles. The zero-order valence-electron chi connectivity index (χ0n) is 11.4. The van der Waals surface area contributed by atoms with Gasteiger partial charge in [0.25, 0.3) is 0 Å². The Kier molecular flexibility index (Phi) is 5.45. The summed E-state index contributed by atoms with van der Waals surface area (Å²) in [5, 5.41) is 14.6. The summed E-state index contributed by atoms with van der Waals surface area (Å²) in [4.78, 5) is 26.6. The minimum absolute atomic E-state index is 0.00568. The lowest BCUT2D eigenvalue weighted by molar-refractivity contribution is -0.121. The van der Waals surface area contributed by atoms with Crippen molar-refractivity contribution >= 4 is 23.2 Å². The number of nitrogens with zero attached hydrogens (tertiary/aromatic N) is 1. The molecule has 0 bridgehead atoms. The van der Waals surface area contributed by atoms with Gasteiger partial charge in [0, 0.05) is 31.0 Å². The number of hydrogen-bond donors (Lipinski definition) is 2. The standard InChI is InChI=1S/C15H16N2O3S/c18-13(16-8-7-14-17-9-10-21-14)6-3-11-1-4-12(5-2-11)15(19)20/h1-2,4-5,9-10H,3,6-8H2,(H,16,18)(H,19,20). The van der Waals surface area contributed by atoms with Crippen molar-refractivity contribution < 1.29 is 14.7 Å². The van der Waals surface area contributed by atoms with Gasteiger partial charge in [0.15, 0.2) is 0 Å². The smallest absolute Gasteiger partial charge is 0.335 e. The SMILES string of the molecule is O=C(CCc1ccc(C(=O)O)cc1)NCCc1nccs1. The van der Waals surface area contributed by atoms with Gasteiger partial charge >= 0.3 is 5.97 Å². The van der Waals surface area contributed by atoms with Crippen LogP contribution in [-0.4, -0.2) is 28.5 Å². The molecule has 1 aromatic carbocycles. The average Bonchev–Trinajstić information content (AvgIpc) is 2.99. The molecule has 0 unspecified atom stereocenters. The zero-order chi connectivity index (χ0) is 15.1. The molecular weight excluding hydrogens is 288 g/mol. The largest absolute Gasteiger partial charge is 0.478 e. The highest BCUT2D eigenvalue weighted by molar-refractivity contribution is 7.09. The fraction of sp³-hybridized carbons (Fsp3) is 0.267. The van der Waals surface area contributed by atoms with Crippen molar-refractivity contribution in [3.8, 4) is 0 Å². The van der Waals surface area contributed by atoms with Crippen molar-refractivity contribution in [1.29, 1.82) is 0 Å². The number of thiazole rings is 1. The molecule has 0 radical (unpaired) electrons. The molecule has 1 heterocycles. The molecule has 6 heteroatoms. The lowest BCUT2D eigenvalue weighted by atomic mass is 10.1. The summed E-state index contributed by atoms with van der Waals surface area (Å²) in [5.41, 5.74) is 1.21. The van der Waals surface area contributed by atoms with E-state index in [2.05, 4.69) is 10.3 Å². The van der Waals surface area contributed by atoms with Crippen LogP contribution in [0.5, 0.6) is 0 Å². The quantitative estimate of drug-likeness (QED) is 0.821. The number of nitrogens with one attached hydrogen (secondary N) is 1. The zero-order valence-corrected chi connectivity index (χ0v) is 12.2. The van der Waals surface area contributed by atoms with Crippen LogP contribution < -0.4 is 5.32 Å². The van der Waals surface area contributed by atoms with Crippen molar-refractivity contribution in [3.63, 3.8) is 0 Å². The van der Waals surface area contributed by atoms with Crippen LogP contribution in [0.25, 0.3) is 0 Å². The van der Waals surface area contributed by atoms with Crippen molar-refractivity contribution in [2.75, 3.05) is 6.54 Å². The van der Waals surface area contributed by atoms with Gasteiger partial charge in [-0.25, -0.2) is 9.78 Å². The van der Waals surface area contributed by atoms with Crippen LogP contribution in [0.15, 0.2) is 35.8 Å². The van der Waals surface area contributed by atoms with Crippen LogP contribution in [-0.2, 0) is 17.6 Å². The van der Waals surface area contributed by atoms with Crippen LogP contribution >= 0.6 is 11.3 Å². The summed E-state index contributed by atoms with van der Waals surface area (Å²) in [6.07, 6.45) is 3.49. The van der Waals surface area contributed by atoms with E-state index in [1.807, 2.05) is 5.38 Å². The molecule has 2 rings (SSSR count). The number of hydrogen-bond acceptors (Lipinski definition) is 4. The third-order valence-corrected chi connectivity index (χ3v) is 3.83. The van der Waals surface area contributed by atoms with Crippen LogP contribution in [0.3, 0.4) is 0 Å². The Hall–Kier alpha value is -2.21. The summed E-state index contributed by atoms with van der Waals surface area (Å²) in [6, 6.07) is 6.59. The van der Waals surface area contributed by atoms with Gasteiger partial charge < -0.3 is 10.4 Å². The molecule has 0 aliphatic heterocycles. The van der Waals surface area contributed by atoms with E-state index in [1.165, 1.54) is 0 Å². The van der Waals surface area contributed by atoms with Crippen LogP contribution in [0.2, 0.25) is 0 Å². The second-order valence-electron chi connectivity index (χ2n) is 4.53. The maximum Gasteiger partial charge on any atom is 0.335 e. The first kappa shape index (κ1) is 15.2. The molecule has 0 fully saturated rings. The predicted molar refractivity (Wildman–Crippen MR) is 80.6 cm³/mol. The number of rotatable bonds is 7. The van der Waals surface area contributed by atoms with Crippen molar-refractivity contribution in [3.05, 3.63) is 52.0 Å². The topological polar surface area (TPSA) is 79.3 Å². The van der Waals surface area contributed by atoms with Gasteiger partial charge in [-0.15, -0.1) is 11.3 Å². The van der Waals surface area contributed by atoms with Gasteiger partial charge in [0.2, 0.25) is 5.91 Å². The van der Waals surface area contributed by atoms with Crippen molar-refractivity contribution in [1.82, 2.24) is 10.3 Å². The molecule has 21 heavy (non-hydrogen) atoms. The fourth-order valence-electron chi connectivity index (χ4n) is 1.85. The number of aromatic carboxylic acids is 1. The highest BCUT2D eigenvalue weighted by atomic mass is 32.1. The van der Waals surface area contributed by atoms with Crippen molar-refractivity contribution in [2.24, 2.45) is 0 Å². The minimum Gasteiger partial charge on any atom is -0.478 e. The number of carboxylic acid groups (broad SMARTS) is 1. The Morgan fingerprint density at radius 2 is 1.95 bits per heavy atom. The number of amides is 1. The Labute approximate surface area is 126 Å². The van der Waals surface area contributed by atoms with Gasteiger partial charge in [0.1, 0.15) is 0 Å². The lowest BCUT2D eigenvalue weighted by Crippen LogP contribution is -2.25. The predicted octanol–water partition coefficient (Wildman–Crippen LogP) is 2.13. The number of aryl methyl sites for hydroxylation is 1. The third-order valence-electron chi connectivity index (χ3n) is 2.99. The first-order valence-electron chi connectivity index (χ1n) is 6.62. The number of carboxylic acids is 1. The maximum absolute atomic E-state index is 11.7. The second kappa shape index (κ2) is 7.54. The molecule has 0 aliphatic rings. The van der Waals surface area contributed by atoms with E-state index >= 15 is 0 Å². The van der Waals surface area contributed by atoms with E-state index < -0.39 is 5.97 Å². The van der Waals surface area contributed by atoms with Gasteiger partial charge in [-0.05, 0) is 24.1 Å². The molecule has 2 aromatic rings. The summed E-state index contributed by atoms with van der Waals surface area (Å²) in [5.74, 6) is -0.949. The normalized spacial score (nSPS) is 10.3. The van der Waals surface area contributed by atoms with Crippen molar-refractivity contribution in [2.45, 2.75) is 19.3 Å². The van der Waals surface area contributed by atoms with Gasteiger partial charge in [-0.2, -0.15) is 0 Å². The summed E-state index contributed by atoms with van der Waals surface area (Å²) >= 11 is 1.58. The summed E-state index contributed by atoms with van der Waals surface area (Å²) in [6.45, 7) is 0.588. The first-order chi connectivity index (χ1) is 10.1. The van der Waals surface area contributed by atoms with E-state index in [9.17, 15) is 9.59 Å². The highest BCUT2D eigenvalue weighted by Gasteiger charge is 2.05. The van der Waals surface area contributed by atoms with E-state index in [4.69, 9.17) is 5.11 Å². The molecular formula is C15H16N2O3S. The molecule has 0 atom stereocenters. The number of carbonyl (C=O) groups excluding carboxylic acids is 1. The van der Waals surface area contributed by atoms with Crippen LogP contribution in [0.1, 0.15) is 27.3 Å². The molecule has 1 aromatic heterocycles. The van der Waals surface area contributed by atoms with E-state index in [1.54, 1.807) is 41.8 Å². The second-order valence-corrected chi connectivity index (χ2v) is 5.51. The lowest BCUT2D eigenvalue weighted by Gasteiger charge is -2.04. The number of carbonyl (C=O) groups is 2. The van der Waals surface area contributed by atoms with Gasteiger partial charge in [0.05, 0.1) is 10.6 Å². The third kappa shape index (κ3) is 5.00. The molecule has 0 spiro atoms. The Balaban J connectivity index is 1.69. The van der Waals surface area contributed by atoms with E-state index in [0.29, 0.717) is 19.4 Å². The monoisotopic (exact) mass is 304 g/mol. The number of aromatic nitrogens is 1. The fourth-order valence-corrected chi connectivity index (χ4v) is 2.47. The Bertz CT molecular complexity index is 594. The summed E-state index contributed by atoms with van der Waals surface area (Å²) < 4.78 is 0. The minimum atomic E-state index is -0.943. The van der Waals surface area contributed by atoms with E-state index in [0.717, 1.165) is 17.0 Å². The Morgan fingerprint density at radius 1 is 1.19 bits per heavy atom. The molecule has 1 amide bonds. The van der Waals surface area contributed by atoms with Gasteiger partial charge in [-0.1, -0.05) is 12.1 Å².